The summed E-state index contributed by atoms with van der Waals surface area (Å²) in [7, 11) is 0.388. The van der Waals surface area contributed by atoms with Crippen LogP contribution in [0.3, 0.4) is 0 Å². The average Bonchev–Trinajstić information content (AvgIpc) is 2.87. The lowest BCUT2D eigenvalue weighted by atomic mass is 9.55. The Morgan fingerprint density at radius 3 is 2.74 bits per heavy atom. The first-order valence-electron chi connectivity index (χ1n) is 9.18. The number of benzene rings is 1. The molecule has 0 radical (unpaired) electrons. The number of allylic oxidation sites excluding steroid dienone is 2. The van der Waals surface area contributed by atoms with Crippen molar-refractivity contribution in [3.8, 4) is 5.75 Å². The van der Waals surface area contributed by atoms with Gasteiger partial charge in [0.2, 0.25) is 11.8 Å². The van der Waals surface area contributed by atoms with Crippen LogP contribution in [0.5, 0.6) is 5.75 Å². The van der Waals surface area contributed by atoms with Gasteiger partial charge in [-0.05, 0) is 48.9 Å². The number of imide groups is 1. The number of phenolic OH excluding ortho intramolecular Hbond substituents is 1. The van der Waals surface area contributed by atoms with Crippen LogP contribution in [0.2, 0.25) is 0 Å². The minimum atomic E-state index is -1.14. The Labute approximate surface area is 166 Å². The fraction of sp³-hybridized carbons (Fsp3) is 0.474. The molecule has 0 spiro atoms. The van der Waals surface area contributed by atoms with E-state index in [0.717, 1.165) is 15.5 Å². The van der Waals surface area contributed by atoms with Gasteiger partial charge in [0, 0.05) is 17.1 Å². The lowest BCUT2D eigenvalue weighted by Crippen LogP contribution is -2.44. The number of halogens is 1. The van der Waals surface area contributed by atoms with E-state index in [-0.39, 0.29) is 29.4 Å². The van der Waals surface area contributed by atoms with E-state index in [9.17, 15) is 19.7 Å². The molecule has 142 valence electrons. The van der Waals surface area contributed by atoms with E-state index in [1.54, 1.807) is 18.2 Å². The van der Waals surface area contributed by atoms with Crippen LogP contribution < -0.4 is 0 Å². The van der Waals surface area contributed by atoms with Gasteiger partial charge in [0.05, 0.1) is 17.9 Å². The quantitative estimate of drug-likeness (QED) is 0.552. The molecule has 27 heavy (non-hydrogen) atoms. The van der Waals surface area contributed by atoms with Crippen molar-refractivity contribution in [3.63, 3.8) is 0 Å². The molecule has 2 N–H and O–H groups in total. The third kappa shape index (κ3) is 2.85. The number of hydrogen-bond acceptors (Lipinski definition) is 5. The van der Waals surface area contributed by atoms with Gasteiger partial charge in [0.1, 0.15) is 5.75 Å². The molecule has 2 heterocycles. The monoisotopic (exact) mass is 433 g/mol. The van der Waals surface area contributed by atoms with Gasteiger partial charge < -0.3 is 14.8 Å². The Bertz CT molecular complexity index is 857. The van der Waals surface area contributed by atoms with E-state index in [1.807, 2.05) is 6.92 Å². The Balaban J connectivity index is 1.77. The molecule has 3 aliphatic rings. The summed E-state index contributed by atoms with van der Waals surface area (Å²) in [5, 5.41) is 21.0. The van der Waals surface area contributed by atoms with Crippen LogP contribution in [0.15, 0.2) is 33.7 Å². The summed E-state index contributed by atoms with van der Waals surface area (Å²) in [5.41, 5.74) is 2.32. The van der Waals surface area contributed by atoms with Crippen molar-refractivity contribution in [3.05, 3.63) is 39.3 Å². The Kier molecular flexibility index (Phi) is 4.68. The van der Waals surface area contributed by atoms with E-state index < -0.39 is 19.1 Å². The normalized spacial score (nSPS) is 30.7. The number of likely N-dealkylation sites (tertiary alicyclic amines) is 1. The van der Waals surface area contributed by atoms with Gasteiger partial charge in [-0.25, -0.2) is 0 Å². The fourth-order valence-electron chi connectivity index (χ4n) is 4.89. The largest absolute Gasteiger partial charge is 0.508 e. The maximum atomic E-state index is 12.8. The average molecular weight is 434 g/mol. The highest BCUT2D eigenvalue weighted by Gasteiger charge is 2.56. The molecule has 2 amide bonds. The highest BCUT2D eigenvalue weighted by atomic mass is 79.9. The number of aromatic hydroxyl groups is 1. The minimum absolute atomic E-state index is 0.0804. The minimum Gasteiger partial charge on any atom is -0.508 e. The smallest absolute Gasteiger partial charge is 0.487 e. The van der Waals surface area contributed by atoms with Gasteiger partial charge in [-0.2, -0.15) is 0 Å². The van der Waals surface area contributed by atoms with E-state index in [1.165, 1.54) is 11.9 Å². The zero-order valence-corrected chi connectivity index (χ0v) is 16.8. The number of carbonyl (C=O) groups is 2. The van der Waals surface area contributed by atoms with E-state index >= 15 is 0 Å². The highest BCUT2D eigenvalue weighted by molar-refractivity contribution is 9.10. The number of rotatable bonds is 2. The van der Waals surface area contributed by atoms with Crippen molar-refractivity contribution >= 4 is 34.9 Å². The summed E-state index contributed by atoms with van der Waals surface area (Å²) in [4.78, 5) is 26.6. The molecule has 1 aromatic carbocycles. The SMILES string of the molecule is CCC1=C2B(O)O[C@H](c3cc(Br)ccc3O)C[C@H]2[C@H]2C(=O)N(C)C(=O)[C@H]2C1. The first kappa shape index (κ1) is 18.7. The zero-order chi connectivity index (χ0) is 19.5. The third-order valence-electron chi connectivity index (χ3n) is 6.19. The topological polar surface area (TPSA) is 87.1 Å². The van der Waals surface area contributed by atoms with E-state index in [0.29, 0.717) is 24.8 Å². The van der Waals surface area contributed by atoms with Gasteiger partial charge in [0.15, 0.2) is 0 Å². The van der Waals surface area contributed by atoms with Crippen LogP contribution in [0.4, 0.5) is 0 Å². The third-order valence-corrected chi connectivity index (χ3v) is 6.69. The van der Waals surface area contributed by atoms with Crippen LogP contribution in [0.1, 0.15) is 37.9 Å². The van der Waals surface area contributed by atoms with Crippen LogP contribution >= 0.6 is 15.9 Å². The zero-order valence-electron chi connectivity index (χ0n) is 15.2. The number of nitrogens with zero attached hydrogens (tertiary/aromatic N) is 1. The van der Waals surface area contributed by atoms with Gasteiger partial charge in [0.25, 0.3) is 0 Å². The molecule has 4 atom stereocenters. The number of phenols is 1. The molecule has 1 aromatic rings. The molecule has 0 saturated carbocycles. The summed E-state index contributed by atoms with van der Waals surface area (Å²) in [6.45, 7) is 1.99. The van der Waals surface area contributed by atoms with Crippen LogP contribution in [-0.4, -0.2) is 41.0 Å². The molecule has 2 saturated heterocycles. The van der Waals surface area contributed by atoms with Crippen molar-refractivity contribution in [2.24, 2.45) is 17.8 Å². The molecular formula is C19H21BBrNO5. The maximum absolute atomic E-state index is 12.8. The van der Waals surface area contributed by atoms with Crippen LogP contribution in [0.25, 0.3) is 0 Å². The number of fused-ring (bicyclic) bond motifs is 3. The summed E-state index contributed by atoms with van der Waals surface area (Å²) < 4.78 is 6.64. The maximum Gasteiger partial charge on any atom is 0.487 e. The molecule has 0 bridgehead atoms. The molecule has 4 rings (SSSR count). The molecule has 1 aliphatic carbocycles. The van der Waals surface area contributed by atoms with Crippen molar-refractivity contribution in [1.29, 1.82) is 0 Å². The van der Waals surface area contributed by atoms with Crippen molar-refractivity contribution < 1.29 is 24.4 Å². The number of carbonyl (C=O) groups excluding carboxylic acids is 2. The molecule has 2 fully saturated rings. The lowest BCUT2D eigenvalue weighted by Gasteiger charge is -2.42. The molecule has 2 aliphatic heterocycles. The Morgan fingerprint density at radius 1 is 1.30 bits per heavy atom. The van der Waals surface area contributed by atoms with E-state index in [2.05, 4.69) is 15.9 Å². The summed E-state index contributed by atoms with van der Waals surface area (Å²) in [6.07, 6.45) is 1.08. The molecular weight excluding hydrogens is 413 g/mol. The summed E-state index contributed by atoms with van der Waals surface area (Å²) >= 11 is 3.39. The second-order valence-electron chi connectivity index (χ2n) is 7.51. The first-order chi connectivity index (χ1) is 12.8. The molecule has 0 unspecified atom stereocenters. The Hall–Kier alpha value is -1.64. The second kappa shape index (κ2) is 6.76. The van der Waals surface area contributed by atoms with Crippen molar-refractivity contribution in [2.45, 2.75) is 32.3 Å². The standard InChI is InChI=1S/C19H21BBrNO5/c1-3-9-6-13-16(19(25)22(2)18(13)24)12-8-15(27-20(26)17(9)12)11-7-10(21)4-5-14(11)23/h4-5,7,12-13,15-16,23,26H,3,6,8H2,1-2H3/t12-,13-,15-,16+/m0/s1. The molecule has 0 aromatic heterocycles. The summed E-state index contributed by atoms with van der Waals surface area (Å²) in [5.74, 6) is -1.35. The van der Waals surface area contributed by atoms with Crippen LogP contribution in [0, 0.1) is 17.8 Å². The molecule has 6 nitrogen and oxygen atoms in total. The van der Waals surface area contributed by atoms with E-state index in [4.69, 9.17) is 4.65 Å². The second-order valence-corrected chi connectivity index (χ2v) is 8.42. The lowest BCUT2D eigenvalue weighted by molar-refractivity contribution is -0.138. The van der Waals surface area contributed by atoms with Gasteiger partial charge in [-0.1, -0.05) is 28.4 Å². The highest BCUT2D eigenvalue weighted by Crippen LogP contribution is 2.52. The van der Waals surface area contributed by atoms with Gasteiger partial charge in [-0.3, -0.25) is 14.5 Å². The van der Waals surface area contributed by atoms with Crippen molar-refractivity contribution in [1.82, 2.24) is 4.90 Å². The van der Waals surface area contributed by atoms with Gasteiger partial charge in [-0.15, -0.1) is 0 Å². The summed E-state index contributed by atoms with van der Waals surface area (Å²) in [6, 6.07) is 5.05. The fourth-order valence-corrected chi connectivity index (χ4v) is 5.27. The van der Waals surface area contributed by atoms with Crippen molar-refractivity contribution in [2.75, 3.05) is 7.05 Å². The first-order valence-corrected chi connectivity index (χ1v) is 9.97. The predicted octanol–water partition coefficient (Wildman–Crippen LogP) is 2.59. The van der Waals surface area contributed by atoms with Gasteiger partial charge >= 0.3 is 7.12 Å². The number of amides is 2. The molecule has 8 heteroatoms. The predicted molar refractivity (Wildman–Crippen MR) is 102 cm³/mol. The Morgan fingerprint density at radius 2 is 2.04 bits per heavy atom. The van der Waals surface area contributed by atoms with Crippen LogP contribution in [-0.2, 0) is 14.2 Å². The number of hydrogen-bond donors (Lipinski definition) is 2.